The lowest BCUT2D eigenvalue weighted by atomic mass is 9.91. The average molecular weight is 235 g/mol. The molecule has 0 saturated heterocycles. The number of nitrogens with one attached hydrogen (secondary N) is 1. The third kappa shape index (κ3) is 2.87. The summed E-state index contributed by atoms with van der Waals surface area (Å²) in [6.07, 6.45) is 8.64. The number of aromatic nitrogens is 2. The summed E-state index contributed by atoms with van der Waals surface area (Å²) in [5, 5.41) is 0. The van der Waals surface area contributed by atoms with E-state index in [1.54, 1.807) is 0 Å². The third-order valence-corrected chi connectivity index (χ3v) is 3.20. The Kier molecular flexibility index (Phi) is 3.46. The van der Waals surface area contributed by atoms with E-state index < -0.39 is 11.2 Å². The molecule has 1 heterocycles. The number of aromatic amines is 1. The fraction of sp³-hybridized carbons (Fsp3) is 0.500. The molecule has 0 saturated carbocycles. The quantitative estimate of drug-likeness (QED) is 0.763. The van der Waals surface area contributed by atoms with Crippen LogP contribution in [0, 0.1) is 5.92 Å². The molecular weight excluding hydrogens is 218 g/mol. The minimum absolute atomic E-state index is 0.241. The van der Waals surface area contributed by atoms with Crippen molar-refractivity contribution >= 4 is 5.82 Å². The van der Waals surface area contributed by atoms with Gasteiger partial charge in [0.15, 0.2) is 0 Å². The highest BCUT2D eigenvalue weighted by atomic mass is 16.2. The Morgan fingerprint density at radius 2 is 2.24 bits per heavy atom. The van der Waals surface area contributed by atoms with E-state index in [2.05, 4.69) is 17.1 Å². The van der Waals surface area contributed by atoms with Gasteiger partial charge in [0, 0.05) is 12.6 Å². The Morgan fingerprint density at radius 1 is 1.41 bits per heavy atom. The summed E-state index contributed by atoms with van der Waals surface area (Å²) in [5.41, 5.74) is 4.81. The molecule has 0 fully saturated rings. The zero-order chi connectivity index (χ0) is 12.3. The van der Waals surface area contributed by atoms with Crippen molar-refractivity contribution in [3.05, 3.63) is 39.1 Å². The lowest BCUT2D eigenvalue weighted by Crippen LogP contribution is -2.31. The molecule has 2 rings (SSSR count). The van der Waals surface area contributed by atoms with Gasteiger partial charge in [-0.2, -0.15) is 0 Å². The fourth-order valence-corrected chi connectivity index (χ4v) is 2.20. The van der Waals surface area contributed by atoms with E-state index in [0.29, 0.717) is 12.5 Å². The molecular formula is C12H17N3O2. The Bertz CT molecular complexity index is 527. The average Bonchev–Trinajstić information content (AvgIpc) is 2.29. The van der Waals surface area contributed by atoms with Crippen molar-refractivity contribution in [2.45, 2.75) is 32.2 Å². The van der Waals surface area contributed by atoms with Gasteiger partial charge in [-0.05, 0) is 31.6 Å². The van der Waals surface area contributed by atoms with Crippen LogP contribution in [-0.2, 0) is 6.54 Å². The molecule has 0 aromatic carbocycles. The van der Waals surface area contributed by atoms with Crippen LogP contribution >= 0.6 is 0 Å². The molecule has 1 atom stereocenters. The SMILES string of the molecule is Nc1cc(=O)[nH]c(=O)n1CC[C@@H]1CC=CCC1. The molecule has 1 aliphatic rings. The second-order valence-corrected chi connectivity index (χ2v) is 4.45. The van der Waals surface area contributed by atoms with Crippen LogP contribution in [0.1, 0.15) is 25.7 Å². The highest BCUT2D eigenvalue weighted by Gasteiger charge is 2.11. The van der Waals surface area contributed by atoms with Gasteiger partial charge in [0.1, 0.15) is 5.82 Å². The Labute approximate surface area is 99.0 Å². The van der Waals surface area contributed by atoms with Gasteiger partial charge in [0.2, 0.25) is 0 Å². The maximum absolute atomic E-state index is 11.5. The molecule has 92 valence electrons. The lowest BCUT2D eigenvalue weighted by Gasteiger charge is -2.18. The molecule has 0 unspecified atom stereocenters. The van der Waals surface area contributed by atoms with Crippen LogP contribution in [0.3, 0.4) is 0 Å². The molecule has 0 amide bonds. The molecule has 1 aromatic rings. The van der Waals surface area contributed by atoms with Gasteiger partial charge in [0.25, 0.3) is 5.56 Å². The van der Waals surface area contributed by atoms with E-state index in [1.165, 1.54) is 10.6 Å². The predicted octanol–water partition coefficient (Wildman–Crippen LogP) is 0.865. The molecule has 5 nitrogen and oxygen atoms in total. The summed E-state index contributed by atoms with van der Waals surface area (Å²) in [6, 6.07) is 1.25. The third-order valence-electron chi connectivity index (χ3n) is 3.20. The Balaban J connectivity index is 2.06. The van der Waals surface area contributed by atoms with Gasteiger partial charge in [-0.1, -0.05) is 12.2 Å². The smallest absolute Gasteiger partial charge is 0.329 e. The standard InChI is InChI=1S/C12H17N3O2/c13-10-8-11(16)14-12(17)15(10)7-6-9-4-2-1-3-5-9/h1-2,8-9H,3-7,13H2,(H,14,16,17)/t9-/m1/s1. The summed E-state index contributed by atoms with van der Waals surface area (Å²) in [4.78, 5) is 24.8. The van der Waals surface area contributed by atoms with Gasteiger partial charge < -0.3 is 5.73 Å². The molecule has 0 radical (unpaired) electrons. The van der Waals surface area contributed by atoms with Crippen molar-refractivity contribution in [1.29, 1.82) is 0 Å². The summed E-state index contributed by atoms with van der Waals surface area (Å²) >= 11 is 0. The Hall–Kier alpha value is -1.78. The van der Waals surface area contributed by atoms with E-state index in [9.17, 15) is 9.59 Å². The summed E-state index contributed by atoms with van der Waals surface area (Å²) in [5.74, 6) is 0.850. The monoisotopic (exact) mass is 235 g/mol. The van der Waals surface area contributed by atoms with Gasteiger partial charge >= 0.3 is 5.69 Å². The molecule has 3 N–H and O–H groups in total. The molecule has 0 aliphatic heterocycles. The first-order chi connectivity index (χ1) is 8.16. The highest BCUT2D eigenvalue weighted by molar-refractivity contribution is 5.25. The zero-order valence-corrected chi connectivity index (χ0v) is 9.69. The topological polar surface area (TPSA) is 80.9 Å². The molecule has 5 heteroatoms. The first-order valence-electron chi connectivity index (χ1n) is 5.91. The number of hydrogen-bond donors (Lipinski definition) is 2. The zero-order valence-electron chi connectivity index (χ0n) is 9.69. The number of hydrogen-bond acceptors (Lipinski definition) is 3. The summed E-state index contributed by atoms with van der Waals surface area (Å²) in [7, 11) is 0. The molecule has 0 spiro atoms. The normalized spacial score (nSPS) is 19.4. The van der Waals surface area contributed by atoms with Gasteiger partial charge in [0.05, 0.1) is 0 Å². The van der Waals surface area contributed by atoms with E-state index >= 15 is 0 Å². The second-order valence-electron chi connectivity index (χ2n) is 4.45. The van der Waals surface area contributed by atoms with Crippen LogP contribution in [0.25, 0.3) is 0 Å². The van der Waals surface area contributed by atoms with Crippen LogP contribution in [0.2, 0.25) is 0 Å². The van der Waals surface area contributed by atoms with Crippen LogP contribution in [0.4, 0.5) is 5.82 Å². The molecule has 17 heavy (non-hydrogen) atoms. The van der Waals surface area contributed by atoms with E-state index in [-0.39, 0.29) is 5.82 Å². The number of H-pyrrole nitrogens is 1. The minimum atomic E-state index is -0.440. The number of nitrogens with zero attached hydrogens (tertiary/aromatic N) is 1. The van der Waals surface area contributed by atoms with E-state index in [4.69, 9.17) is 5.73 Å². The largest absolute Gasteiger partial charge is 0.385 e. The fourth-order valence-electron chi connectivity index (χ4n) is 2.20. The van der Waals surface area contributed by atoms with Crippen LogP contribution in [-0.4, -0.2) is 9.55 Å². The van der Waals surface area contributed by atoms with Crippen molar-refractivity contribution in [2.24, 2.45) is 5.92 Å². The van der Waals surface area contributed by atoms with Crippen molar-refractivity contribution in [3.63, 3.8) is 0 Å². The Morgan fingerprint density at radius 3 is 2.88 bits per heavy atom. The van der Waals surface area contributed by atoms with E-state index in [0.717, 1.165) is 25.7 Å². The lowest BCUT2D eigenvalue weighted by molar-refractivity contribution is 0.410. The number of nitrogens with two attached hydrogens (primary N) is 1. The number of allylic oxidation sites excluding steroid dienone is 2. The number of rotatable bonds is 3. The minimum Gasteiger partial charge on any atom is -0.385 e. The van der Waals surface area contributed by atoms with Crippen LogP contribution in [0.15, 0.2) is 27.8 Å². The number of anilines is 1. The van der Waals surface area contributed by atoms with Gasteiger partial charge in [-0.15, -0.1) is 0 Å². The molecule has 1 aromatic heterocycles. The number of nitrogen functional groups attached to an aromatic ring is 1. The molecule has 1 aliphatic carbocycles. The summed E-state index contributed by atoms with van der Waals surface area (Å²) in [6.45, 7) is 0.569. The summed E-state index contributed by atoms with van der Waals surface area (Å²) < 4.78 is 1.43. The predicted molar refractivity (Wildman–Crippen MR) is 66.8 cm³/mol. The first-order valence-corrected chi connectivity index (χ1v) is 5.91. The van der Waals surface area contributed by atoms with Crippen molar-refractivity contribution in [1.82, 2.24) is 9.55 Å². The first kappa shape index (κ1) is 11.7. The van der Waals surface area contributed by atoms with Crippen molar-refractivity contribution in [2.75, 3.05) is 5.73 Å². The van der Waals surface area contributed by atoms with Gasteiger partial charge in [-0.3, -0.25) is 14.3 Å². The van der Waals surface area contributed by atoms with Crippen molar-refractivity contribution in [3.8, 4) is 0 Å². The highest BCUT2D eigenvalue weighted by Crippen LogP contribution is 2.21. The second kappa shape index (κ2) is 5.03. The van der Waals surface area contributed by atoms with E-state index in [1.807, 2.05) is 0 Å². The maximum Gasteiger partial charge on any atom is 0.329 e. The van der Waals surface area contributed by atoms with Crippen LogP contribution in [0.5, 0.6) is 0 Å². The van der Waals surface area contributed by atoms with Gasteiger partial charge in [-0.25, -0.2) is 4.79 Å². The maximum atomic E-state index is 11.5. The van der Waals surface area contributed by atoms with Crippen LogP contribution < -0.4 is 17.0 Å². The van der Waals surface area contributed by atoms with Crippen molar-refractivity contribution < 1.29 is 0 Å². The molecule has 0 bridgehead atoms.